The number of carbonyl (C=O) groups is 3. The van der Waals surface area contributed by atoms with E-state index in [2.05, 4.69) is 10.1 Å². The minimum absolute atomic E-state index is 0.119. The van der Waals surface area contributed by atoms with Gasteiger partial charge in [-0.3, -0.25) is 4.79 Å². The number of aryl methyl sites for hydroxylation is 1. The van der Waals surface area contributed by atoms with Crippen LogP contribution in [0.3, 0.4) is 0 Å². The minimum atomic E-state index is -0.608. The second-order valence-electron chi connectivity index (χ2n) is 6.87. The lowest BCUT2D eigenvalue weighted by molar-refractivity contribution is -0.112. The van der Waals surface area contributed by atoms with E-state index >= 15 is 0 Å². The Hall–Kier alpha value is -3.44. The maximum Gasteiger partial charge on any atom is 0.341 e. The Bertz CT molecular complexity index is 1080. The Morgan fingerprint density at radius 3 is 2.52 bits per heavy atom. The molecule has 1 amide bonds. The number of amides is 1. The first-order valence-electron chi connectivity index (χ1n) is 9.91. The second kappa shape index (κ2) is 10.0. The summed E-state index contributed by atoms with van der Waals surface area (Å²) in [6.07, 6.45) is 5.07. The molecule has 2 aromatic rings. The number of nitrogens with zero attached hydrogens (tertiary/aromatic N) is 1. The van der Waals surface area contributed by atoms with Crippen LogP contribution in [-0.4, -0.2) is 31.6 Å². The van der Waals surface area contributed by atoms with Gasteiger partial charge in [-0.15, -0.1) is 11.3 Å². The fourth-order valence-corrected chi connectivity index (χ4v) is 4.66. The molecule has 0 radical (unpaired) electrons. The number of hydrogen-bond acceptors (Lipinski definition) is 7. The summed E-state index contributed by atoms with van der Waals surface area (Å²) in [6.45, 7) is 1.97. The van der Waals surface area contributed by atoms with Crippen LogP contribution in [0.1, 0.15) is 56.5 Å². The molecule has 1 aromatic carbocycles. The lowest BCUT2D eigenvalue weighted by Gasteiger charge is -2.12. The van der Waals surface area contributed by atoms with E-state index in [1.54, 1.807) is 31.2 Å². The average molecular weight is 439 g/mol. The first-order chi connectivity index (χ1) is 15.0. The minimum Gasteiger partial charge on any atom is -0.465 e. The SMILES string of the molecule is CCOC(=O)c1c(NC(=O)C(C#N)=Cc2ccc(C(=O)OC)cc2)sc2c1CCCC2. The number of esters is 2. The molecule has 0 aliphatic heterocycles. The zero-order chi connectivity index (χ0) is 22.4. The fourth-order valence-electron chi connectivity index (χ4n) is 3.39. The normalized spacial score (nSPS) is 13.0. The molecule has 1 aliphatic rings. The fraction of sp³-hybridized carbons (Fsp3) is 0.304. The van der Waals surface area contributed by atoms with Gasteiger partial charge >= 0.3 is 11.9 Å². The van der Waals surface area contributed by atoms with E-state index in [-0.39, 0.29) is 12.2 Å². The standard InChI is InChI=1S/C23H22N2O5S/c1-3-30-23(28)19-17-6-4-5-7-18(17)31-21(19)25-20(26)16(13-24)12-14-8-10-15(11-9-14)22(27)29-2/h8-12H,3-7H2,1-2H3,(H,25,26). The quantitative estimate of drug-likeness (QED) is 0.413. The van der Waals surface area contributed by atoms with Crippen LogP contribution in [0, 0.1) is 11.3 Å². The van der Waals surface area contributed by atoms with E-state index in [1.807, 2.05) is 6.07 Å². The summed E-state index contributed by atoms with van der Waals surface area (Å²) in [5, 5.41) is 12.6. The highest BCUT2D eigenvalue weighted by atomic mass is 32.1. The average Bonchev–Trinajstić information content (AvgIpc) is 3.15. The number of nitriles is 1. The van der Waals surface area contributed by atoms with Crippen LogP contribution in [0.15, 0.2) is 29.8 Å². The van der Waals surface area contributed by atoms with Gasteiger partial charge < -0.3 is 14.8 Å². The van der Waals surface area contributed by atoms with E-state index in [1.165, 1.54) is 24.5 Å². The largest absolute Gasteiger partial charge is 0.465 e. The van der Waals surface area contributed by atoms with E-state index in [0.717, 1.165) is 36.1 Å². The number of carbonyl (C=O) groups excluding carboxylic acids is 3. The monoisotopic (exact) mass is 438 g/mol. The van der Waals surface area contributed by atoms with Gasteiger partial charge in [-0.2, -0.15) is 5.26 Å². The molecule has 0 saturated carbocycles. The number of anilines is 1. The summed E-state index contributed by atoms with van der Waals surface area (Å²) in [5.74, 6) is -1.54. The van der Waals surface area contributed by atoms with Crippen LogP contribution < -0.4 is 5.32 Å². The predicted octanol–water partition coefficient (Wildman–Crippen LogP) is 4.14. The van der Waals surface area contributed by atoms with Crippen LogP contribution >= 0.6 is 11.3 Å². The van der Waals surface area contributed by atoms with Crippen molar-refractivity contribution in [2.24, 2.45) is 0 Å². The molecule has 0 spiro atoms. The summed E-state index contributed by atoms with van der Waals surface area (Å²) in [5.41, 5.74) is 2.16. The Morgan fingerprint density at radius 1 is 1.16 bits per heavy atom. The Balaban J connectivity index is 1.86. The molecule has 1 heterocycles. The molecule has 7 nitrogen and oxygen atoms in total. The predicted molar refractivity (Wildman–Crippen MR) is 117 cm³/mol. The molecule has 3 rings (SSSR count). The van der Waals surface area contributed by atoms with Gasteiger partial charge in [0.05, 0.1) is 24.8 Å². The van der Waals surface area contributed by atoms with Gasteiger partial charge in [0.1, 0.15) is 16.6 Å². The number of nitrogens with one attached hydrogen (secondary N) is 1. The highest BCUT2D eigenvalue weighted by molar-refractivity contribution is 7.17. The van der Waals surface area contributed by atoms with Crippen LogP contribution in [0.2, 0.25) is 0 Å². The summed E-state index contributed by atoms with van der Waals surface area (Å²) in [7, 11) is 1.29. The molecule has 1 aliphatic carbocycles. The summed E-state index contributed by atoms with van der Waals surface area (Å²) in [4.78, 5) is 37.9. The van der Waals surface area contributed by atoms with Crippen LogP contribution in [0.25, 0.3) is 6.08 Å². The molecule has 0 fully saturated rings. The van der Waals surface area contributed by atoms with Gasteiger partial charge in [0, 0.05) is 4.88 Å². The van der Waals surface area contributed by atoms with E-state index < -0.39 is 17.8 Å². The summed E-state index contributed by atoms with van der Waals surface area (Å²) in [6, 6.07) is 8.24. The van der Waals surface area contributed by atoms with Crippen molar-refractivity contribution in [3.8, 4) is 6.07 Å². The molecule has 160 valence electrons. The number of fused-ring (bicyclic) bond motifs is 1. The van der Waals surface area contributed by atoms with Gasteiger partial charge in [0.2, 0.25) is 0 Å². The highest BCUT2D eigenvalue weighted by Gasteiger charge is 2.27. The molecule has 1 N–H and O–H groups in total. The number of methoxy groups -OCH3 is 1. The lowest BCUT2D eigenvalue weighted by atomic mass is 9.95. The first-order valence-corrected chi connectivity index (χ1v) is 10.7. The Kier molecular flexibility index (Phi) is 7.21. The third kappa shape index (κ3) is 5.01. The smallest absolute Gasteiger partial charge is 0.341 e. The molecule has 0 unspecified atom stereocenters. The van der Waals surface area contributed by atoms with Crippen molar-refractivity contribution in [3.63, 3.8) is 0 Å². The molecule has 0 saturated heterocycles. The molecule has 0 bridgehead atoms. The number of thiophene rings is 1. The van der Waals surface area contributed by atoms with Crippen molar-refractivity contribution < 1.29 is 23.9 Å². The first kappa shape index (κ1) is 22.2. The van der Waals surface area contributed by atoms with Crippen molar-refractivity contribution in [2.45, 2.75) is 32.6 Å². The van der Waals surface area contributed by atoms with Crippen molar-refractivity contribution in [1.29, 1.82) is 5.26 Å². The molecule has 1 aromatic heterocycles. The van der Waals surface area contributed by atoms with E-state index in [9.17, 15) is 19.6 Å². The molecular weight excluding hydrogens is 416 g/mol. The highest BCUT2D eigenvalue weighted by Crippen LogP contribution is 2.38. The second-order valence-corrected chi connectivity index (χ2v) is 7.98. The van der Waals surface area contributed by atoms with Gasteiger partial charge in [-0.05, 0) is 61.9 Å². The van der Waals surface area contributed by atoms with Gasteiger partial charge in [-0.1, -0.05) is 12.1 Å². The number of hydrogen-bond donors (Lipinski definition) is 1. The van der Waals surface area contributed by atoms with Gasteiger partial charge in [0.15, 0.2) is 0 Å². The van der Waals surface area contributed by atoms with Crippen molar-refractivity contribution in [2.75, 3.05) is 19.0 Å². The topological polar surface area (TPSA) is 105 Å². The van der Waals surface area contributed by atoms with E-state index in [4.69, 9.17) is 4.74 Å². The van der Waals surface area contributed by atoms with Crippen molar-refractivity contribution in [1.82, 2.24) is 0 Å². The van der Waals surface area contributed by atoms with Crippen molar-refractivity contribution >= 4 is 40.3 Å². The third-order valence-corrected chi connectivity index (χ3v) is 6.09. The lowest BCUT2D eigenvalue weighted by Crippen LogP contribution is -2.16. The van der Waals surface area contributed by atoms with Crippen molar-refractivity contribution in [3.05, 3.63) is 57.0 Å². The summed E-state index contributed by atoms with van der Waals surface area (Å²) < 4.78 is 9.85. The molecule has 31 heavy (non-hydrogen) atoms. The third-order valence-electron chi connectivity index (χ3n) is 4.89. The Morgan fingerprint density at radius 2 is 1.87 bits per heavy atom. The zero-order valence-electron chi connectivity index (χ0n) is 17.3. The number of ether oxygens (including phenoxy) is 2. The number of benzene rings is 1. The molecule has 8 heteroatoms. The molecular formula is C23H22N2O5S. The zero-order valence-corrected chi connectivity index (χ0v) is 18.1. The van der Waals surface area contributed by atoms with Crippen LogP contribution in [-0.2, 0) is 27.1 Å². The van der Waals surface area contributed by atoms with Crippen LogP contribution in [0.5, 0.6) is 0 Å². The number of rotatable bonds is 6. The maximum absolute atomic E-state index is 12.8. The maximum atomic E-state index is 12.8. The summed E-state index contributed by atoms with van der Waals surface area (Å²) >= 11 is 1.37. The Labute approximate surface area is 184 Å². The van der Waals surface area contributed by atoms with Gasteiger partial charge in [-0.25, -0.2) is 9.59 Å². The van der Waals surface area contributed by atoms with Gasteiger partial charge in [0.25, 0.3) is 5.91 Å². The van der Waals surface area contributed by atoms with Crippen LogP contribution in [0.4, 0.5) is 5.00 Å². The molecule has 0 atom stereocenters. The van der Waals surface area contributed by atoms with E-state index in [0.29, 0.717) is 21.7 Å².